The predicted molar refractivity (Wildman–Crippen MR) is 123 cm³/mol. The molecule has 1 aromatic carbocycles. The van der Waals surface area contributed by atoms with Gasteiger partial charge in [0.1, 0.15) is 11.5 Å². The summed E-state index contributed by atoms with van der Waals surface area (Å²) in [5.41, 5.74) is 9.49. The summed E-state index contributed by atoms with van der Waals surface area (Å²) in [5.74, 6) is 0.106. The molecule has 1 saturated heterocycles. The van der Waals surface area contributed by atoms with Crippen molar-refractivity contribution in [3.05, 3.63) is 70.3 Å². The zero-order valence-corrected chi connectivity index (χ0v) is 17.7. The van der Waals surface area contributed by atoms with Crippen LogP contribution in [-0.4, -0.2) is 54.0 Å². The highest BCUT2D eigenvalue weighted by Gasteiger charge is 2.15. The van der Waals surface area contributed by atoms with Crippen LogP contribution in [0.3, 0.4) is 0 Å². The number of likely N-dealkylation sites (N-methyl/N-ethyl adjacent to an activating group) is 1. The molecule has 4 rings (SSSR count). The Kier molecular flexibility index (Phi) is 5.73. The molecule has 0 aliphatic carbocycles. The molecular formula is C23H26N6O2. The van der Waals surface area contributed by atoms with E-state index in [0.717, 1.165) is 48.6 Å². The van der Waals surface area contributed by atoms with Crippen LogP contribution in [0.2, 0.25) is 0 Å². The molecule has 0 saturated carbocycles. The average molecular weight is 419 g/mol. The number of pyridine rings is 2. The average Bonchev–Trinajstić information content (AvgIpc) is 2.76. The molecule has 0 spiro atoms. The molecule has 0 unspecified atom stereocenters. The molecule has 8 nitrogen and oxygen atoms in total. The second-order valence-corrected chi connectivity index (χ2v) is 7.79. The fraction of sp³-hybridized carbons (Fsp3) is 0.261. The third kappa shape index (κ3) is 4.44. The van der Waals surface area contributed by atoms with Gasteiger partial charge in [-0.05, 0) is 49.4 Å². The van der Waals surface area contributed by atoms with Crippen molar-refractivity contribution in [3.8, 4) is 11.1 Å². The van der Waals surface area contributed by atoms with Crippen LogP contribution in [0.1, 0.15) is 15.9 Å². The van der Waals surface area contributed by atoms with E-state index in [-0.39, 0.29) is 5.56 Å². The van der Waals surface area contributed by atoms with Crippen molar-refractivity contribution >= 4 is 23.1 Å². The molecule has 3 heterocycles. The first-order valence-corrected chi connectivity index (χ1v) is 10.2. The minimum atomic E-state index is -0.480. The summed E-state index contributed by atoms with van der Waals surface area (Å²) in [6.07, 6.45) is 3.46. The summed E-state index contributed by atoms with van der Waals surface area (Å²) in [5, 5.41) is 3.10. The van der Waals surface area contributed by atoms with Crippen molar-refractivity contribution in [1.29, 1.82) is 0 Å². The number of piperazine rings is 1. The molecule has 1 amide bonds. The van der Waals surface area contributed by atoms with Crippen LogP contribution in [0.15, 0.2) is 53.6 Å². The van der Waals surface area contributed by atoms with E-state index in [4.69, 9.17) is 5.73 Å². The van der Waals surface area contributed by atoms with E-state index >= 15 is 0 Å². The van der Waals surface area contributed by atoms with Crippen LogP contribution in [0.4, 0.5) is 17.2 Å². The van der Waals surface area contributed by atoms with Gasteiger partial charge in [-0.2, -0.15) is 0 Å². The molecule has 1 aliphatic rings. The Balaban J connectivity index is 1.57. The Hall–Kier alpha value is -3.65. The third-order valence-electron chi connectivity index (χ3n) is 5.69. The molecule has 2 aromatic heterocycles. The highest BCUT2D eigenvalue weighted by atomic mass is 16.1. The Labute approximate surface area is 180 Å². The van der Waals surface area contributed by atoms with Crippen LogP contribution in [-0.2, 0) is 0 Å². The first-order chi connectivity index (χ1) is 14.9. The van der Waals surface area contributed by atoms with E-state index < -0.39 is 5.91 Å². The topological polar surface area (TPSA) is 107 Å². The largest absolute Gasteiger partial charge is 0.368 e. The molecule has 0 atom stereocenters. The Bertz CT molecular complexity index is 1150. The number of aromatic amines is 1. The second-order valence-electron chi connectivity index (χ2n) is 7.79. The van der Waals surface area contributed by atoms with E-state index in [9.17, 15) is 9.59 Å². The minimum Gasteiger partial charge on any atom is -0.368 e. The Morgan fingerprint density at radius 2 is 1.94 bits per heavy atom. The maximum atomic E-state index is 12.4. The van der Waals surface area contributed by atoms with Crippen molar-refractivity contribution < 1.29 is 4.79 Å². The monoisotopic (exact) mass is 418 g/mol. The van der Waals surface area contributed by atoms with Gasteiger partial charge in [-0.15, -0.1) is 0 Å². The normalized spacial score (nSPS) is 14.5. The lowest BCUT2D eigenvalue weighted by molar-refractivity contribution is 0.0999. The second kappa shape index (κ2) is 8.61. The number of amides is 1. The van der Waals surface area contributed by atoms with E-state index in [0.29, 0.717) is 17.1 Å². The smallest absolute Gasteiger partial charge is 0.271 e. The fourth-order valence-corrected chi connectivity index (χ4v) is 3.80. The number of rotatable bonds is 5. The number of H-pyrrole nitrogens is 1. The van der Waals surface area contributed by atoms with Crippen LogP contribution in [0.25, 0.3) is 11.1 Å². The van der Waals surface area contributed by atoms with E-state index in [1.165, 1.54) is 0 Å². The summed E-state index contributed by atoms with van der Waals surface area (Å²) >= 11 is 0. The SMILES string of the molecule is Cc1c(C(N)=O)cccc1-c1c[nH]c(=O)c(Nc2ccc(N3CCN(C)CC3)cn2)c1. The first-order valence-electron chi connectivity index (χ1n) is 10.2. The fourth-order valence-electron chi connectivity index (χ4n) is 3.80. The molecule has 3 aromatic rings. The van der Waals surface area contributed by atoms with Gasteiger partial charge in [0.15, 0.2) is 0 Å². The van der Waals surface area contributed by atoms with Crippen LogP contribution >= 0.6 is 0 Å². The summed E-state index contributed by atoms with van der Waals surface area (Å²) < 4.78 is 0. The van der Waals surface area contributed by atoms with Crippen molar-refractivity contribution in [2.45, 2.75) is 6.92 Å². The van der Waals surface area contributed by atoms with Gasteiger partial charge in [-0.1, -0.05) is 12.1 Å². The lowest BCUT2D eigenvalue weighted by Gasteiger charge is -2.33. The quantitative estimate of drug-likeness (QED) is 0.587. The highest BCUT2D eigenvalue weighted by Crippen LogP contribution is 2.27. The molecule has 1 aliphatic heterocycles. The number of nitrogens with one attached hydrogen (secondary N) is 2. The van der Waals surface area contributed by atoms with Crippen LogP contribution in [0, 0.1) is 6.92 Å². The summed E-state index contributed by atoms with van der Waals surface area (Å²) in [6, 6.07) is 11.0. The van der Waals surface area contributed by atoms with Gasteiger partial charge >= 0.3 is 0 Å². The van der Waals surface area contributed by atoms with E-state index in [1.54, 1.807) is 24.4 Å². The summed E-state index contributed by atoms with van der Waals surface area (Å²) in [7, 11) is 2.12. The highest BCUT2D eigenvalue weighted by molar-refractivity contribution is 5.96. The maximum Gasteiger partial charge on any atom is 0.271 e. The Morgan fingerprint density at radius 1 is 1.16 bits per heavy atom. The van der Waals surface area contributed by atoms with Gasteiger partial charge in [0.05, 0.1) is 11.9 Å². The maximum absolute atomic E-state index is 12.4. The molecule has 8 heteroatoms. The molecule has 4 N–H and O–H groups in total. The molecule has 1 fully saturated rings. The number of nitrogens with zero attached hydrogens (tertiary/aromatic N) is 3. The third-order valence-corrected chi connectivity index (χ3v) is 5.69. The molecule has 160 valence electrons. The van der Waals surface area contributed by atoms with Crippen molar-refractivity contribution in [2.75, 3.05) is 43.4 Å². The zero-order valence-electron chi connectivity index (χ0n) is 17.7. The zero-order chi connectivity index (χ0) is 22.0. The number of carbonyl (C=O) groups is 1. The van der Waals surface area contributed by atoms with Gasteiger partial charge in [-0.3, -0.25) is 9.59 Å². The van der Waals surface area contributed by atoms with Crippen LogP contribution < -0.4 is 21.5 Å². The number of carbonyl (C=O) groups excluding carboxylic acids is 1. The lowest BCUT2D eigenvalue weighted by atomic mass is 9.97. The molecular weight excluding hydrogens is 392 g/mol. The van der Waals surface area contributed by atoms with Gasteiger partial charge in [-0.25, -0.2) is 4.98 Å². The number of benzene rings is 1. The summed E-state index contributed by atoms with van der Waals surface area (Å²) in [4.78, 5) is 35.9. The van der Waals surface area contributed by atoms with Crippen molar-refractivity contribution in [2.24, 2.45) is 5.73 Å². The number of nitrogens with two attached hydrogens (primary N) is 1. The number of hydrogen-bond acceptors (Lipinski definition) is 6. The van der Waals surface area contributed by atoms with Gasteiger partial charge < -0.3 is 25.8 Å². The standard InChI is InChI=1S/C23H26N6O2/c1-15-18(4-3-5-19(15)22(24)30)16-12-20(23(31)26-13-16)27-21-7-6-17(14-25-21)29-10-8-28(2)9-11-29/h3-7,12-14H,8-11H2,1-2H3,(H2,24,30)(H,25,27)(H,26,31). The molecule has 31 heavy (non-hydrogen) atoms. The van der Waals surface area contributed by atoms with Gasteiger partial charge in [0.25, 0.3) is 5.56 Å². The van der Waals surface area contributed by atoms with Gasteiger partial charge in [0.2, 0.25) is 5.91 Å². The molecule has 0 radical (unpaired) electrons. The van der Waals surface area contributed by atoms with E-state index in [2.05, 4.69) is 32.1 Å². The Morgan fingerprint density at radius 3 is 2.61 bits per heavy atom. The summed E-state index contributed by atoms with van der Waals surface area (Å²) in [6.45, 7) is 5.83. The van der Waals surface area contributed by atoms with Gasteiger partial charge in [0, 0.05) is 43.5 Å². The predicted octanol–water partition coefficient (Wildman–Crippen LogP) is 2.34. The number of primary amides is 1. The lowest BCUT2D eigenvalue weighted by Crippen LogP contribution is -2.44. The van der Waals surface area contributed by atoms with Crippen LogP contribution in [0.5, 0.6) is 0 Å². The van der Waals surface area contributed by atoms with Crippen molar-refractivity contribution in [1.82, 2.24) is 14.9 Å². The van der Waals surface area contributed by atoms with Crippen molar-refractivity contribution in [3.63, 3.8) is 0 Å². The number of anilines is 3. The number of hydrogen-bond donors (Lipinski definition) is 3. The molecule has 0 bridgehead atoms. The van der Waals surface area contributed by atoms with E-state index in [1.807, 2.05) is 31.3 Å². The number of aromatic nitrogens is 2. The first kappa shape index (κ1) is 20.6. The minimum absolute atomic E-state index is 0.252.